The van der Waals surface area contributed by atoms with Gasteiger partial charge in [0, 0.05) is 13.1 Å². The first kappa shape index (κ1) is 23.4. The molecule has 1 aromatic carbocycles. The van der Waals surface area contributed by atoms with Crippen LogP contribution in [0.5, 0.6) is 0 Å². The van der Waals surface area contributed by atoms with Crippen molar-refractivity contribution >= 4 is 24.2 Å². The summed E-state index contributed by atoms with van der Waals surface area (Å²) in [6.07, 6.45) is 14.2. The van der Waals surface area contributed by atoms with Crippen molar-refractivity contribution in [2.45, 2.75) is 114 Å². The molecule has 0 amide bonds. The molecule has 2 fully saturated rings. The zero-order chi connectivity index (χ0) is 21.0. The predicted octanol–water partition coefficient (Wildman–Crippen LogP) is 6.91. The van der Waals surface area contributed by atoms with Crippen LogP contribution in [0.4, 0.5) is 0 Å². The van der Waals surface area contributed by atoms with Crippen LogP contribution in [0.15, 0.2) is 24.3 Å². The van der Waals surface area contributed by atoms with E-state index in [2.05, 4.69) is 56.3 Å². The fraction of sp³-hybridized carbons (Fsp3) is 0.760. The third kappa shape index (κ3) is 5.72. The standard InChI is InChI=1S/C25H42NOPS/c1-20(26(5)29(27)25(2,3)4)23-18-12-13-19-24(23)28(21-14-8-6-9-15-21)22-16-10-7-11-17-22/h12-13,18-22H,6-11,14-17H2,1-5H3/t20-,29-/m1/s1. The highest BCUT2D eigenvalue weighted by Gasteiger charge is 2.35. The van der Waals surface area contributed by atoms with Crippen molar-refractivity contribution in [1.29, 1.82) is 0 Å². The van der Waals surface area contributed by atoms with Gasteiger partial charge in [0.1, 0.15) is 0 Å². The molecular weight excluding hydrogens is 393 g/mol. The van der Waals surface area contributed by atoms with E-state index in [9.17, 15) is 4.21 Å². The van der Waals surface area contributed by atoms with Gasteiger partial charge in [-0.2, -0.15) is 0 Å². The number of hydrogen-bond acceptors (Lipinski definition) is 1. The highest BCUT2D eigenvalue weighted by molar-refractivity contribution is 7.84. The molecule has 2 aliphatic carbocycles. The summed E-state index contributed by atoms with van der Waals surface area (Å²) in [6, 6.07) is 9.40. The van der Waals surface area contributed by atoms with E-state index in [1.165, 1.54) is 69.8 Å². The number of rotatable bonds is 6. The first-order chi connectivity index (χ1) is 13.8. The normalized spacial score (nSPS) is 22.2. The second-order valence-corrected chi connectivity index (χ2v) is 15.2. The molecule has 2 aliphatic rings. The first-order valence-corrected chi connectivity index (χ1v) is 14.4. The molecule has 29 heavy (non-hydrogen) atoms. The summed E-state index contributed by atoms with van der Waals surface area (Å²) < 4.78 is 15.0. The summed E-state index contributed by atoms with van der Waals surface area (Å²) in [6.45, 7) is 8.50. The van der Waals surface area contributed by atoms with Crippen molar-refractivity contribution in [3.05, 3.63) is 29.8 Å². The van der Waals surface area contributed by atoms with E-state index >= 15 is 0 Å². The van der Waals surface area contributed by atoms with Crippen molar-refractivity contribution in [3.8, 4) is 0 Å². The van der Waals surface area contributed by atoms with Gasteiger partial charge in [-0.05, 0) is 75.6 Å². The quantitative estimate of drug-likeness (QED) is 0.444. The van der Waals surface area contributed by atoms with Crippen molar-refractivity contribution in [3.63, 3.8) is 0 Å². The molecule has 0 spiro atoms. The summed E-state index contributed by atoms with van der Waals surface area (Å²) in [5.74, 6) is 0. The second-order valence-electron chi connectivity index (χ2n) is 10.1. The number of nitrogens with zero attached hydrogens (tertiary/aromatic N) is 1. The average molecular weight is 436 g/mol. The Morgan fingerprint density at radius 1 is 0.931 bits per heavy atom. The van der Waals surface area contributed by atoms with Gasteiger partial charge in [0.25, 0.3) is 0 Å². The molecule has 0 aliphatic heterocycles. The molecule has 0 radical (unpaired) electrons. The fourth-order valence-electron chi connectivity index (χ4n) is 5.26. The van der Waals surface area contributed by atoms with Crippen LogP contribution in [0, 0.1) is 0 Å². The maximum Gasteiger partial charge on any atom is 0.1000 e. The summed E-state index contributed by atoms with van der Waals surface area (Å²) in [4.78, 5) is 0. The molecule has 2 saturated carbocycles. The van der Waals surface area contributed by atoms with E-state index in [-0.39, 0.29) is 18.7 Å². The lowest BCUT2D eigenvalue weighted by Gasteiger charge is -2.41. The topological polar surface area (TPSA) is 20.3 Å². The maximum absolute atomic E-state index is 13.1. The van der Waals surface area contributed by atoms with E-state index < -0.39 is 11.0 Å². The number of hydrogen-bond donors (Lipinski definition) is 0. The van der Waals surface area contributed by atoms with Crippen molar-refractivity contribution in [1.82, 2.24) is 4.31 Å². The smallest absolute Gasteiger partial charge is 0.1000 e. The monoisotopic (exact) mass is 435 g/mol. The van der Waals surface area contributed by atoms with Gasteiger partial charge in [0.05, 0.1) is 15.7 Å². The molecule has 4 heteroatoms. The first-order valence-electron chi connectivity index (χ1n) is 11.8. The molecule has 164 valence electrons. The van der Waals surface area contributed by atoms with Gasteiger partial charge in [-0.25, -0.2) is 8.51 Å². The largest absolute Gasteiger partial charge is 0.242 e. The molecule has 3 rings (SSSR count). The Kier molecular flexibility index (Phi) is 8.38. The third-order valence-corrected chi connectivity index (χ3v) is 12.4. The van der Waals surface area contributed by atoms with Crippen LogP contribution in [0.25, 0.3) is 0 Å². The average Bonchev–Trinajstić information content (AvgIpc) is 2.73. The van der Waals surface area contributed by atoms with E-state index in [1.54, 1.807) is 5.30 Å². The molecule has 0 unspecified atom stereocenters. The van der Waals surface area contributed by atoms with Gasteiger partial charge in [0.2, 0.25) is 0 Å². The SMILES string of the molecule is C[C@H](c1ccccc1P(C1CCCCC1)C1CCCCC1)N(C)[S@](=O)C(C)(C)C. The molecule has 0 saturated heterocycles. The minimum Gasteiger partial charge on any atom is -0.242 e. The summed E-state index contributed by atoms with van der Waals surface area (Å²) in [5.41, 5.74) is 3.23. The van der Waals surface area contributed by atoms with Crippen LogP contribution < -0.4 is 5.30 Å². The fourth-order valence-corrected chi connectivity index (χ4v) is 10.6. The van der Waals surface area contributed by atoms with Crippen LogP contribution in [0.3, 0.4) is 0 Å². The molecule has 2 atom stereocenters. The van der Waals surface area contributed by atoms with E-state index in [4.69, 9.17) is 0 Å². The Hall–Kier alpha value is -0.240. The zero-order valence-corrected chi connectivity index (χ0v) is 21.0. The molecule has 0 bridgehead atoms. The van der Waals surface area contributed by atoms with E-state index in [1.807, 2.05) is 7.05 Å². The summed E-state index contributed by atoms with van der Waals surface area (Å²) in [5, 5.41) is 1.63. The Bertz CT molecular complexity index is 656. The molecule has 0 N–H and O–H groups in total. The van der Waals surface area contributed by atoms with Gasteiger partial charge in [0.15, 0.2) is 0 Å². The minimum absolute atomic E-state index is 0.143. The lowest BCUT2D eigenvalue weighted by molar-refractivity contribution is 0.418. The lowest BCUT2D eigenvalue weighted by Crippen LogP contribution is -2.38. The van der Waals surface area contributed by atoms with Crippen LogP contribution >= 0.6 is 7.92 Å². The molecular formula is C25H42NOPS. The molecule has 0 heterocycles. The summed E-state index contributed by atoms with van der Waals surface area (Å²) >= 11 is 0. The zero-order valence-electron chi connectivity index (χ0n) is 19.3. The van der Waals surface area contributed by atoms with Gasteiger partial charge in [-0.3, -0.25) is 0 Å². The molecule has 0 aromatic heterocycles. The second kappa shape index (κ2) is 10.4. The van der Waals surface area contributed by atoms with Crippen molar-refractivity contribution in [2.24, 2.45) is 0 Å². The van der Waals surface area contributed by atoms with Crippen LogP contribution in [-0.4, -0.2) is 31.6 Å². The van der Waals surface area contributed by atoms with Crippen LogP contribution in [-0.2, 0) is 11.0 Å². The van der Waals surface area contributed by atoms with E-state index in [0.717, 1.165) is 11.3 Å². The van der Waals surface area contributed by atoms with Gasteiger partial charge >= 0.3 is 0 Å². The Labute approximate surface area is 183 Å². The van der Waals surface area contributed by atoms with Gasteiger partial charge in [-0.1, -0.05) is 70.7 Å². The number of benzene rings is 1. The van der Waals surface area contributed by atoms with Crippen LogP contribution in [0.1, 0.15) is 104 Å². The van der Waals surface area contributed by atoms with E-state index in [0.29, 0.717) is 0 Å². The third-order valence-electron chi connectivity index (χ3n) is 6.93. The molecule has 2 nitrogen and oxygen atoms in total. The maximum atomic E-state index is 13.1. The van der Waals surface area contributed by atoms with Crippen molar-refractivity contribution in [2.75, 3.05) is 7.05 Å². The Balaban J connectivity index is 1.95. The van der Waals surface area contributed by atoms with Gasteiger partial charge < -0.3 is 0 Å². The predicted molar refractivity (Wildman–Crippen MR) is 131 cm³/mol. The summed E-state index contributed by atoms with van der Waals surface area (Å²) in [7, 11) is 0.902. The van der Waals surface area contributed by atoms with Crippen molar-refractivity contribution < 1.29 is 4.21 Å². The molecule has 1 aromatic rings. The lowest BCUT2D eigenvalue weighted by atomic mass is 9.99. The van der Waals surface area contributed by atoms with Gasteiger partial charge in [-0.15, -0.1) is 0 Å². The minimum atomic E-state index is -1.00. The van der Waals surface area contributed by atoms with Crippen LogP contribution in [0.2, 0.25) is 0 Å². The Morgan fingerprint density at radius 2 is 1.41 bits per heavy atom. The highest BCUT2D eigenvalue weighted by atomic mass is 32.2. The Morgan fingerprint density at radius 3 is 1.90 bits per heavy atom. The highest BCUT2D eigenvalue weighted by Crippen LogP contribution is 2.55.